The quantitative estimate of drug-likeness (QED) is 0.803. The summed E-state index contributed by atoms with van der Waals surface area (Å²) >= 11 is 0. The van der Waals surface area contributed by atoms with Gasteiger partial charge >= 0.3 is 0 Å². The van der Waals surface area contributed by atoms with Crippen molar-refractivity contribution in [3.05, 3.63) is 11.3 Å². The Morgan fingerprint density at radius 1 is 1.52 bits per heavy atom. The van der Waals surface area contributed by atoms with E-state index in [0.29, 0.717) is 31.8 Å². The number of ether oxygens (including phenoxy) is 1. The highest BCUT2D eigenvalue weighted by Crippen LogP contribution is 2.24. The first-order valence-electron chi connectivity index (χ1n) is 7.30. The molecule has 0 amide bonds. The van der Waals surface area contributed by atoms with Crippen LogP contribution in [0.5, 0.6) is 0 Å². The third-order valence-electron chi connectivity index (χ3n) is 3.72. The third kappa shape index (κ3) is 3.45. The van der Waals surface area contributed by atoms with Gasteiger partial charge in [-0.3, -0.25) is 5.10 Å². The van der Waals surface area contributed by atoms with Crippen LogP contribution in [0.15, 0.2) is 5.03 Å². The van der Waals surface area contributed by atoms with Gasteiger partial charge in [0.05, 0.1) is 6.10 Å². The highest BCUT2D eigenvalue weighted by Gasteiger charge is 2.34. The molecule has 0 spiro atoms. The van der Waals surface area contributed by atoms with Crippen LogP contribution in [-0.4, -0.2) is 55.8 Å². The van der Waals surface area contributed by atoms with Crippen LogP contribution in [0.1, 0.15) is 31.0 Å². The number of rotatable bonds is 6. The van der Waals surface area contributed by atoms with E-state index in [4.69, 9.17) is 4.74 Å². The second kappa shape index (κ2) is 6.87. The normalized spacial score (nSPS) is 20.8. The molecular weight excluding hydrogens is 292 g/mol. The number of aromatic amines is 1. The molecule has 1 atom stereocenters. The highest BCUT2D eigenvalue weighted by atomic mass is 32.2. The van der Waals surface area contributed by atoms with Crippen LogP contribution < -0.4 is 5.32 Å². The van der Waals surface area contributed by atoms with Crippen molar-refractivity contribution in [1.29, 1.82) is 0 Å². The summed E-state index contributed by atoms with van der Waals surface area (Å²) in [4.78, 5) is 0. The van der Waals surface area contributed by atoms with Gasteiger partial charge in [-0.1, -0.05) is 0 Å². The van der Waals surface area contributed by atoms with E-state index in [1.165, 1.54) is 4.31 Å². The minimum absolute atomic E-state index is 0.0219. The van der Waals surface area contributed by atoms with Gasteiger partial charge in [-0.05, 0) is 33.7 Å². The van der Waals surface area contributed by atoms with Gasteiger partial charge in [0, 0.05) is 37.5 Å². The summed E-state index contributed by atoms with van der Waals surface area (Å²) in [7, 11) is -1.79. The smallest absolute Gasteiger partial charge is 0.262 e. The Bertz CT molecular complexity index is 568. The number of aryl methyl sites for hydroxylation is 1. The van der Waals surface area contributed by atoms with E-state index in [2.05, 4.69) is 15.5 Å². The molecule has 0 radical (unpaired) electrons. The van der Waals surface area contributed by atoms with Crippen LogP contribution in [0.3, 0.4) is 0 Å². The van der Waals surface area contributed by atoms with Crippen LogP contribution >= 0.6 is 0 Å². The summed E-state index contributed by atoms with van der Waals surface area (Å²) in [6, 6.07) is 0. The summed E-state index contributed by atoms with van der Waals surface area (Å²) in [6.07, 6.45) is 1.70. The van der Waals surface area contributed by atoms with Gasteiger partial charge in [-0.2, -0.15) is 9.40 Å². The van der Waals surface area contributed by atoms with E-state index in [-0.39, 0.29) is 11.1 Å². The Morgan fingerprint density at radius 3 is 2.95 bits per heavy atom. The summed E-state index contributed by atoms with van der Waals surface area (Å²) in [5.41, 5.74) is 1.48. The van der Waals surface area contributed by atoms with Crippen LogP contribution in [0, 0.1) is 6.92 Å². The molecule has 1 fully saturated rings. The fourth-order valence-electron chi connectivity index (χ4n) is 2.65. The molecule has 1 unspecified atom stereocenters. The molecule has 21 heavy (non-hydrogen) atoms. The molecule has 1 aromatic rings. The van der Waals surface area contributed by atoms with Crippen LogP contribution in [0.2, 0.25) is 0 Å². The van der Waals surface area contributed by atoms with Gasteiger partial charge in [-0.15, -0.1) is 0 Å². The van der Waals surface area contributed by atoms with Gasteiger partial charge < -0.3 is 10.1 Å². The van der Waals surface area contributed by atoms with Crippen molar-refractivity contribution >= 4 is 10.0 Å². The standard InChI is InChI=1S/C13H24N4O3S/c1-4-20-11-6-5-7-17(9-11)21(18,19)13-12(8-14-3)10(2)15-16-13/h11,14H,4-9H2,1-3H3,(H,15,16). The average Bonchev–Trinajstić information content (AvgIpc) is 2.82. The maximum absolute atomic E-state index is 12.8. The Morgan fingerprint density at radius 2 is 2.29 bits per heavy atom. The fraction of sp³-hybridized carbons (Fsp3) is 0.769. The van der Waals surface area contributed by atoms with Gasteiger partial charge in [0.1, 0.15) is 0 Å². The number of aromatic nitrogens is 2. The minimum Gasteiger partial charge on any atom is -0.377 e. The van der Waals surface area contributed by atoms with Crippen LogP contribution in [0.25, 0.3) is 0 Å². The summed E-state index contributed by atoms with van der Waals surface area (Å²) in [5, 5.41) is 9.91. The van der Waals surface area contributed by atoms with E-state index in [9.17, 15) is 8.42 Å². The zero-order valence-electron chi connectivity index (χ0n) is 12.8. The zero-order valence-corrected chi connectivity index (χ0v) is 13.7. The monoisotopic (exact) mass is 316 g/mol. The second-order valence-corrected chi connectivity index (χ2v) is 7.10. The van der Waals surface area contributed by atoms with Crippen molar-refractivity contribution in [2.75, 3.05) is 26.7 Å². The lowest BCUT2D eigenvalue weighted by Gasteiger charge is -2.31. The Kier molecular flexibility index (Phi) is 5.37. The van der Waals surface area contributed by atoms with Gasteiger partial charge in [0.15, 0.2) is 5.03 Å². The third-order valence-corrected chi connectivity index (χ3v) is 5.55. The molecule has 1 aromatic heterocycles. The Balaban J connectivity index is 2.25. The summed E-state index contributed by atoms with van der Waals surface area (Å²) in [6.45, 7) is 5.76. The number of piperidine rings is 1. The molecule has 2 N–H and O–H groups in total. The molecule has 2 heterocycles. The predicted molar refractivity (Wildman–Crippen MR) is 79.5 cm³/mol. The predicted octanol–water partition coefficient (Wildman–Crippen LogP) is 0.627. The molecule has 2 rings (SSSR count). The summed E-state index contributed by atoms with van der Waals surface area (Å²) in [5.74, 6) is 0. The van der Waals surface area contributed by atoms with Crippen LogP contribution in [-0.2, 0) is 21.3 Å². The molecule has 8 heteroatoms. The first kappa shape index (κ1) is 16.4. The molecule has 0 aromatic carbocycles. The van der Waals surface area contributed by atoms with Crippen molar-refractivity contribution in [3.8, 4) is 0 Å². The molecule has 120 valence electrons. The van der Waals surface area contributed by atoms with Gasteiger partial charge in [0.2, 0.25) is 0 Å². The number of hydrogen-bond donors (Lipinski definition) is 2. The van der Waals surface area contributed by atoms with Gasteiger partial charge in [0.25, 0.3) is 10.0 Å². The first-order chi connectivity index (χ1) is 10.0. The van der Waals surface area contributed by atoms with E-state index in [1.54, 1.807) is 7.05 Å². The SMILES string of the molecule is CCOC1CCCN(S(=O)(=O)c2n[nH]c(C)c2CNC)C1. The molecule has 1 aliphatic heterocycles. The first-order valence-corrected chi connectivity index (χ1v) is 8.74. The molecule has 1 saturated heterocycles. The van der Waals surface area contributed by atoms with E-state index in [0.717, 1.165) is 18.5 Å². The lowest BCUT2D eigenvalue weighted by molar-refractivity contribution is 0.0264. The van der Waals surface area contributed by atoms with Gasteiger partial charge in [-0.25, -0.2) is 8.42 Å². The number of nitrogens with zero attached hydrogens (tertiary/aromatic N) is 2. The molecular formula is C13H24N4O3S. The highest BCUT2D eigenvalue weighted by molar-refractivity contribution is 7.89. The average molecular weight is 316 g/mol. The topological polar surface area (TPSA) is 87.3 Å². The fourth-order valence-corrected chi connectivity index (χ4v) is 4.32. The van der Waals surface area contributed by atoms with Crippen molar-refractivity contribution in [3.63, 3.8) is 0 Å². The van der Waals surface area contributed by atoms with Crippen molar-refractivity contribution in [2.24, 2.45) is 0 Å². The van der Waals surface area contributed by atoms with E-state index < -0.39 is 10.0 Å². The number of H-pyrrole nitrogens is 1. The maximum Gasteiger partial charge on any atom is 0.262 e. The Labute approximate surface area is 126 Å². The molecule has 1 aliphatic rings. The summed E-state index contributed by atoms with van der Waals surface area (Å²) < 4.78 is 32.7. The lowest BCUT2D eigenvalue weighted by atomic mass is 10.1. The van der Waals surface area contributed by atoms with Crippen molar-refractivity contribution in [1.82, 2.24) is 19.8 Å². The van der Waals surface area contributed by atoms with E-state index in [1.807, 2.05) is 13.8 Å². The molecule has 7 nitrogen and oxygen atoms in total. The number of nitrogens with one attached hydrogen (secondary N) is 2. The number of hydrogen-bond acceptors (Lipinski definition) is 5. The minimum atomic E-state index is -3.57. The van der Waals surface area contributed by atoms with E-state index >= 15 is 0 Å². The number of sulfonamides is 1. The largest absolute Gasteiger partial charge is 0.377 e. The maximum atomic E-state index is 12.8. The molecule has 0 saturated carbocycles. The van der Waals surface area contributed by atoms with Crippen molar-refractivity contribution < 1.29 is 13.2 Å². The molecule has 0 bridgehead atoms. The zero-order chi connectivity index (χ0) is 15.5. The molecule has 0 aliphatic carbocycles. The van der Waals surface area contributed by atoms with Crippen LogP contribution in [0.4, 0.5) is 0 Å². The van der Waals surface area contributed by atoms with Crippen molar-refractivity contribution in [2.45, 2.75) is 44.4 Å². The Hall–Kier alpha value is -0.960. The lowest BCUT2D eigenvalue weighted by Crippen LogP contribution is -2.43. The second-order valence-electron chi connectivity index (χ2n) is 5.25.